The highest BCUT2D eigenvalue weighted by Crippen LogP contribution is 2.27. The van der Waals surface area contributed by atoms with E-state index >= 15 is 0 Å². The Morgan fingerprint density at radius 3 is 2.52 bits per heavy atom. The number of carbonyl (C=O) groups is 3. The summed E-state index contributed by atoms with van der Waals surface area (Å²) in [7, 11) is 0. The lowest BCUT2D eigenvalue weighted by molar-refractivity contribution is -0.113. The monoisotopic (exact) mass is 605 g/mol. The third kappa shape index (κ3) is 8.71. The average Bonchev–Trinajstić information content (AvgIpc) is 3.33. The summed E-state index contributed by atoms with van der Waals surface area (Å²) in [5, 5.41) is 15.8. The van der Waals surface area contributed by atoms with Crippen LogP contribution < -0.4 is 10.6 Å². The Morgan fingerprint density at radius 2 is 1.85 bits per heavy atom. The molecule has 0 radical (unpaired) electrons. The number of benzene rings is 2. The Bertz CT molecular complexity index is 1350. The summed E-state index contributed by atoms with van der Waals surface area (Å²) < 4.78 is 7.05. The van der Waals surface area contributed by atoms with Crippen LogP contribution in [0.4, 0.5) is 5.69 Å². The van der Waals surface area contributed by atoms with Crippen LogP contribution in [0.15, 0.2) is 47.6 Å². The molecule has 0 aliphatic rings. The third-order valence-electron chi connectivity index (χ3n) is 5.71. The van der Waals surface area contributed by atoms with Gasteiger partial charge < -0.3 is 19.9 Å². The van der Waals surface area contributed by atoms with Crippen LogP contribution in [0, 0.1) is 5.92 Å². The summed E-state index contributed by atoms with van der Waals surface area (Å²) in [6.07, 6.45) is 1.35. The fraction of sp³-hybridized carbons (Fsp3) is 0.393. The predicted octanol–water partition coefficient (Wildman–Crippen LogP) is 6.42. The molecule has 0 unspecified atom stereocenters. The first-order valence-electron chi connectivity index (χ1n) is 13.0. The summed E-state index contributed by atoms with van der Waals surface area (Å²) in [5.41, 5.74) is 1.18. The van der Waals surface area contributed by atoms with Gasteiger partial charge in [-0.15, -0.1) is 10.2 Å². The molecular weight excluding hydrogens is 573 g/mol. The number of thioether (sulfide) groups is 1. The fourth-order valence-electron chi connectivity index (χ4n) is 3.90. The molecule has 2 N–H and O–H groups in total. The number of nitrogens with zero attached hydrogens (tertiary/aromatic N) is 3. The van der Waals surface area contributed by atoms with Crippen molar-refractivity contribution in [2.45, 2.75) is 58.3 Å². The molecule has 0 fully saturated rings. The van der Waals surface area contributed by atoms with Crippen molar-refractivity contribution in [1.82, 2.24) is 20.1 Å². The number of halogens is 2. The molecule has 12 heteroatoms. The summed E-state index contributed by atoms with van der Waals surface area (Å²) in [5.74, 6) is -0.115. The highest BCUT2D eigenvalue weighted by Gasteiger charge is 2.25. The molecule has 1 atom stereocenters. The normalized spacial score (nSPS) is 11.8. The van der Waals surface area contributed by atoms with Gasteiger partial charge in [-0.05, 0) is 62.1 Å². The van der Waals surface area contributed by atoms with Crippen molar-refractivity contribution in [3.63, 3.8) is 0 Å². The Morgan fingerprint density at radius 1 is 1.07 bits per heavy atom. The molecule has 1 aromatic heterocycles. The smallest absolute Gasteiger partial charge is 0.338 e. The molecule has 2 aromatic carbocycles. The molecule has 9 nitrogen and oxygen atoms in total. The van der Waals surface area contributed by atoms with Crippen molar-refractivity contribution in [2.24, 2.45) is 5.92 Å². The van der Waals surface area contributed by atoms with Crippen molar-refractivity contribution >= 4 is 58.4 Å². The minimum absolute atomic E-state index is 0.0736. The molecular formula is C28H33Cl2N5O4S. The van der Waals surface area contributed by atoms with Gasteiger partial charge in [0.15, 0.2) is 11.0 Å². The highest BCUT2D eigenvalue weighted by atomic mass is 35.5. The van der Waals surface area contributed by atoms with E-state index in [1.54, 1.807) is 36.4 Å². The number of nitrogens with one attached hydrogen (secondary N) is 2. The van der Waals surface area contributed by atoms with Crippen LogP contribution in [-0.2, 0) is 16.1 Å². The van der Waals surface area contributed by atoms with Crippen LogP contribution in [0.25, 0.3) is 0 Å². The number of rotatable bonds is 13. The van der Waals surface area contributed by atoms with E-state index in [0.29, 0.717) is 52.4 Å². The molecule has 2 amide bonds. The number of esters is 1. The first kappa shape index (κ1) is 31.4. The van der Waals surface area contributed by atoms with Crippen LogP contribution in [0.1, 0.15) is 73.1 Å². The molecule has 0 bridgehead atoms. The second-order valence-electron chi connectivity index (χ2n) is 9.42. The van der Waals surface area contributed by atoms with Crippen LogP contribution in [0.2, 0.25) is 10.0 Å². The maximum Gasteiger partial charge on any atom is 0.338 e. The van der Waals surface area contributed by atoms with Crippen molar-refractivity contribution in [2.75, 3.05) is 17.7 Å². The van der Waals surface area contributed by atoms with Gasteiger partial charge in [-0.1, -0.05) is 61.8 Å². The quantitative estimate of drug-likeness (QED) is 0.170. The molecule has 40 heavy (non-hydrogen) atoms. The van der Waals surface area contributed by atoms with Crippen molar-refractivity contribution in [3.05, 3.63) is 69.5 Å². The van der Waals surface area contributed by atoms with Crippen molar-refractivity contribution in [1.29, 1.82) is 0 Å². The largest absolute Gasteiger partial charge is 0.462 e. The lowest BCUT2D eigenvalue weighted by Gasteiger charge is -2.21. The number of anilines is 1. The van der Waals surface area contributed by atoms with Crippen LogP contribution in [0.3, 0.4) is 0 Å². The Hall–Kier alpha value is -3.08. The Kier molecular flexibility index (Phi) is 11.8. The molecule has 0 saturated heterocycles. The maximum atomic E-state index is 13.1. The highest BCUT2D eigenvalue weighted by molar-refractivity contribution is 7.99. The van der Waals surface area contributed by atoms with Crippen LogP contribution in [0.5, 0.6) is 0 Å². The molecule has 214 valence electrons. The minimum Gasteiger partial charge on any atom is -0.462 e. The summed E-state index contributed by atoms with van der Waals surface area (Å²) >= 11 is 13.5. The number of hydrogen-bond donors (Lipinski definition) is 2. The molecule has 3 rings (SSSR count). The zero-order chi connectivity index (χ0) is 29.2. The van der Waals surface area contributed by atoms with E-state index in [0.717, 1.165) is 6.42 Å². The predicted molar refractivity (Wildman–Crippen MR) is 158 cm³/mol. The first-order chi connectivity index (χ1) is 19.1. The number of hydrogen-bond acceptors (Lipinski definition) is 7. The molecule has 0 aliphatic heterocycles. The van der Waals surface area contributed by atoms with Crippen molar-refractivity contribution < 1.29 is 19.1 Å². The average molecular weight is 607 g/mol. The van der Waals surface area contributed by atoms with E-state index in [1.807, 2.05) is 18.4 Å². The zero-order valence-corrected chi connectivity index (χ0v) is 25.2. The number of carbonyl (C=O) groups excluding carboxylic acids is 3. The van der Waals surface area contributed by atoms with Gasteiger partial charge in [-0.3, -0.25) is 9.59 Å². The number of aromatic nitrogens is 3. The van der Waals surface area contributed by atoms with Gasteiger partial charge in [0, 0.05) is 17.3 Å². The SMILES string of the molecule is CCCOC(=O)c1cccc(NC(=O)CSc2nnc([C@@H](CC(C)C)NC(=O)c3ccc(Cl)cc3Cl)n2CC)c1. The van der Waals surface area contributed by atoms with E-state index in [9.17, 15) is 14.4 Å². The van der Waals surface area contributed by atoms with Gasteiger partial charge in [0.2, 0.25) is 5.91 Å². The number of amides is 2. The molecule has 0 aliphatic carbocycles. The molecule has 0 saturated carbocycles. The molecule has 0 spiro atoms. The lowest BCUT2D eigenvalue weighted by atomic mass is 10.0. The first-order valence-corrected chi connectivity index (χ1v) is 14.8. The second kappa shape index (κ2) is 15.1. The summed E-state index contributed by atoms with van der Waals surface area (Å²) in [6, 6.07) is 10.9. The van der Waals surface area contributed by atoms with Gasteiger partial charge in [-0.2, -0.15) is 0 Å². The summed E-state index contributed by atoms with van der Waals surface area (Å²) in [4.78, 5) is 37.9. The van der Waals surface area contributed by atoms with Gasteiger partial charge in [0.25, 0.3) is 5.91 Å². The molecule has 3 aromatic rings. The lowest BCUT2D eigenvalue weighted by Crippen LogP contribution is -2.32. The van der Waals surface area contributed by atoms with Crippen LogP contribution in [-0.4, -0.2) is 44.9 Å². The van der Waals surface area contributed by atoms with Gasteiger partial charge in [0.05, 0.1) is 34.6 Å². The topological polar surface area (TPSA) is 115 Å². The van der Waals surface area contributed by atoms with Gasteiger partial charge in [-0.25, -0.2) is 4.79 Å². The number of ether oxygens (including phenoxy) is 1. The second-order valence-corrected chi connectivity index (χ2v) is 11.2. The van der Waals surface area contributed by atoms with Gasteiger partial charge in [0.1, 0.15) is 0 Å². The van der Waals surface area contributed by atoms with E-state index in [4.69, 9.17) is 27.9 Å². The van der Waals surface area contributed by atoms with Crippen LogP contribution >= 0.6 is 35.0 Å². The fourth-order valence-corrected chi connectivity index (χ4v) is 5.20. The molecule has 1 heterocycles. The Labute approximate surface area is 248 Å². The van der Waals surface area contributed by atoms with E-state index < -0.39 is 12.0 Å². The van der Waals surface area contributed by atoms with E-state index in [1.165, 1.54) is 17.8 Å². The Balaban J connectivity index is 1.70. The standard InChI is InChI=1S/C28H33Cl2N5O4S/c1-5-12-39-27(38)18-8-7-9-20(14-18)31-24(36)16-40-28-34-33-25(35(28)6-2)23(13-17(3)4)32-26(37)21-11-10-19(29)15-22(21)30/h7-11,14-15,17,23H,5-6,12-13,16H2,1-4H3,(H,31,36)(H,32,37)/t23-/m1/s1. The third-order valence-corrected chi connectivity index (χ3v) is 7.23. The summed E-state index contributed by atoms with van der Waals surface area (Å²) in [6.45, 7) is 8.86. The maximum absolute atomic E-state index is 13.1. The van der Waals surface area contributed by atoms with Crippen molar-refractivity contribution in [3.8, 4) is 0 Å². The van der Waals surface area contributed by atoms with E-state index in [-0.39, 0.29) is 28.5 Å². The van der Waals surface area contributed by atoms with E-state index in [2.05, 4.69) is 34.7 Å². The zero-order valence-electron chi connectivity index (χ0n) is 22.9. The minimum atomic E-state index is -0.433. The van der Waals surface area contributed by atoms with Gasteiger partial charge >= 0.3 is 5.97 Å².